The van der Waals surface area contributed by atoms with E-state index >= 15 is 0 Å². The van der Waals surface area contributed by atoms with Crippen LogP contribution in [-0.2, 0) is 66.9 Å². The van der Waals surface area contributed by atoms with Gasteiger partial charge in [-0.05, 0) is 64.8 Å². The van der Waals surface area contributed by atoms with E-state index in [4.69, 9.17) is 18.9 Å². The molecule has 0 bridgehead atoms. The Hall–Kier alpha value is -5.30. The number of Topliss-reactive ketones (excluding diaryl/α,β-unsaturated/α-hetero) is 1. The number of rotatable bonds is 53. The molecule has 10 N–H and O–H groups in total. The van der Waals surface area contributed by atoms with Crippen LogP contribution in [0.2, 0.25) is 0 Å². The SMILES string of the molecule is CN[C@@H](CCCCNC(=O)CC[C@H](NC(=O)CCC(NC(=O)COCCOCCNC(=O)COCCOCCNC(=O)CC[C@H](NC(=O)CCCCCCCCCCCCCCC(C)C)C(=O)O)C(=O)O)C(=O)O)C(C)=O. The molecule has 24 nitrogen and oxygen atoms in total. The van der Waals surface area contributed by atoms with Gasteiger partial charge in [-0.15, -0.1) is 0 Å². The fourth-order valence-electron chi connectivity index (χ4n) is 7.75. The fourth-order valence-corrected chi connectivity index (χ4v) is 7.75. The van der Waals surface area contributed by atoms with Crippen LogP contribution in [0.5, 0.6) is 0 Å². The molecule has 77 heavy (non-hydrogen) atoms. The van der Waals surface area contributed by atoms with Gasteiger partial charge in [-0.25, -0.2) is 14.4 Å². The number of aliphatic carboxylic acids is 3. The van der Waals surface area contributed by atoms with Crippen molar-refractivity contribution in [3.63, 3.8) is 0 Å². The van der Waals surface area contributed by atoms with Crippen molar-refractivity contribution in [2.24, 2.45) is 5.92 Å². The van der Waals surface area contributed by atoms with Gasteiger partial charge in [0.15, 0.2) is 0 Å². The van der Waals surface area contributed by atoms with E-state index in [2.05, 4.69) is 51.1 Å². The number of ketones is 1. The third-order valence-corrected chi connectivity index (χ3v) is 12.2. The minimum absolute atomic E-state index is 0.0190. The zero-order valence-electron chi connectivity index (χ0n) is 46.5. The first kappa shape index (κ1) is 71.7. The molecular weight excluding hydrogens is 1010 g/mol. The summed E-state index contributed by atoms with van der Waals surface area (Å²) < 4.78 is 21.2. The molecule has 0 aromatic heterocycles. The summed E-state index contributed by atoms with van der Waals surface area (Å²) in [6.07, 6.45) is 16.3. The summed E-state index contributed by atoms with van der Waals surface area (Å²) in [5.41, 5.74) is 0. The minimum atomic E-state index is -1.47. The molecule has 444 valence electrons. The monoisotopic (exact) mass is 1100 g/mol. The summed E-state index contributed by atoms with van der Waals surface area (Å²) in [5, 5.41) is 46.5. The number of ether oxygens (including phenoxy) is 4. The highest BCUT2D eigenvalue weighted by atomic mass is 16.5. The summed E-state index contributed by atoms with van der Waals surface area (Å²) in [5.74, 6) is -6.27. The number of unbranched alkanes of at least 4 members (excludes halogenated alkanes) is 12. The first-order valence-electron chi connectivity index (χ1n) is 27.7. The average Bonchev–Trinajstić information content (AvgIpc) is 3.37. The number of hydrogen-bond acceptors (Lipinski definition) is 15. The molecule has 1 unspecified atom stereocenters. The second-order valence-corrected chi connectivity index (χ2v) is 19.5. The van der Waals surface area contributed by atoms with Gasteiger partial charge in [-0.3, -0.25) is 33.6 Å². The third kappa shape index (κ3) is 44.4. The Labute approximate surface area is 455 Å². The molecule has 4 atom stereocenters. The molecule has 0 saturated heterocycles. The average molecular weight is 1100 g/mol. The van der Waals surface area contributed by atoms with Gasteiger partial charge < -0.3 is 71.5 Å². The zero-order valence-corrected chi connectivity index (χ0v) is 46.5. The number of nitrogens with one attached hydrogen (secondary N) is 7. The van der Waals surface area contributed by atoms with Gasteiger partial charge in [-0.2, -0.15) is 0 Å². The molecule has 0 rings (SSSR count). The van der Waals surface area contributed by atoms with E-state index in [9.17, 15) is 63.3 Å². The molecule has 0 aromatic rings. The molecule has 0 spiro atoms. The van der Waals surface area contributed by atoms with Gasteiger partial charge in [0, 0.05) is 45.3 Å². The van der Waals surface area contributed by atoms with Gasteiger partial charge in [0.2, 0.25) is 35.4 Å². The van der Waals surface area contributed by atoms with Gasteiger partial charge in [0.05, 0.1) is 45.7 Å². The van der Waals surface area contributed by atoms with Gasteiger partial charge in [0.25, 0.3) is 0 Å². The summed E-state index contributed by atoms with van der Waals surface area (Å²) in [4.78, 5) is 120. The molecule has 0 aromatic carbocycles. The van der Waals surface area contributed by atoms with Crippen molar-refractivity contribution in [3.8, 4) is 0 Å². The first-order chi connectivity index (χ1) is 36.9. The van der Waals surface area contributed by atoms with Gasteiger partial charge in [-0.1, -0.05) is 90.9 Å². The van der Waals surface area contributed by atoms with Crippen molar-refractivity contribution >= 4 is 59.1 Å². The van der Waals surface area contributed by atoms with Crippen LogP contribution < -0.4 is 37.2 Å². The highest BCUT2D eigenvalue weighted by Gasteiger charge is 2.25. The number of carboxylic acids is 3. The number of hydrogen-bond donors (Lipinski definition) is 10. The van der Waals surface area contributed by atoms with Crippen LogP contribution in [0.4, 0.5) is 0 Å². The topological polar surface area (TPSA) is 353 Å². The third-order valence-electron chi connectivity index (χ3n) is 12.2. The summed E-state index contributed by atoms with van der Waals surface area (Å²) in [7, 11) is 1.69. The number of carbonyl (C=O) groups excluding carboxylic acids is 7. The largest absolute Gasteiger partial charge is 0.480 e. The maximum absolute atomic E-state index is 12.5. The van der Waals surface area contributed by atoms with Crippen LogP contribution in [-0.4, -0.2) is 178 Å². The van der Waals surface area contributed by atoms with Crippen molar-refractivity contribution < 1.29 is 82.2 Å². The molecule has 0 aliphatic rings. The zero-order chi connectivity index (χ0) is 57.5. The van der Waals surface area contributed by atoms with E-state index in [1.165, 1.54) is 64.7 Å². The molecule has 0 saturated carbocycles. The van der Waals surface area contributed by atoms with E-state index in [0.29, 0.717) is 32.2 Å². The highest BCUT2D eigenvalue weighted by Crippen LogP contribution is 2.15. The molecule has 6 amide bonds. The number of likely N-dealkylation sites (N-methyl/N-ethyl adjacent to an activating group) is 1. The number of carboxylic acid groups (broad SMARTS) is 3. The molecule has 0 aliphatic carbocycles. The van der Waals surface area contributed by atoms with Crippen LogP contribution in [0.25, 0.3) is 0 Å². The van der Waals surface area contributed by atoms with E-state index in [1.807, 2.05) is 0 Å². The van der Waals surface area contributed by atoms with Crippen LogP contribution in [0, 0.1) is 5.92 Å². The van der Waals surface area contributed by atoms with E-state index < -0.39 is 72.7 Å². The molecule has 0 radical (unpaired) electrons. The van der Waals surface area contributed by atoms with E-state index in [1.54, 1.807) is 7.05 Å². The Balaban J connectivity index is 3.99. The summed E-state index contributed by atoms with van der Waals surface area (Å²) in [6, 6.07) is -4.29. The maximum atomic E-state index is 12.5. The van der Waals surface area contributed by atoms with Crippen LogP contribution in [0.1, 0.15) is 168 Å². The van der Waals surface area contributed by atoms with Crippen molar-refractivity contribution in [2.75, 3.05) is 79.5 Å². The predicted octanol–water partition coefficient (Wildman–Crippen LogP) is 2.91. The predicted molar refractivity (Wildman–Crippen MR) is 286 cm³/mol. The minimum Gasteiger partial charge on any atom is -0.480 e. The Morgan fingerprint density at radius 3 is 1.17 bits per heavy atom. The molecule has 0 heterocycles. The van der Waals surface area contributed by atoms with E-state index in [0.717, 1.165) is 25.2 Å². The second kappa shape index (κ2) is 47.9. The standard InChI is InChI=1S/C53H95N7O17/c1-39(2)19-15-13-11-9-7-5-6-8-10-12-14-16-21-47(64)58-42(51(68)69)23-26-46(63)56-29-31-74-33-35-76-37-49(66)57-30-32-75-34-36-77-38-50(67)60-44(53(72)73)24-27-48(65)59-43(52(70)71)22-25-45(62)55-28-18-17-20-41(54-4)40(3)61/h39,41-44,54H,5-38H2,1-4H3,(H,55,62)(H,56,63)(H,57,66)(H,58,64)(H,59,65)(H,60,67)(H,68,69)(H,70,71)(H,72,73)/t41-,42-,43-,44?/m0/s1. The van der Waals surface area contributed by atoms with Crippen molar-refractivity contribution in [3.05, 3.63) is 0 Å². The fraction of sp³-hybridized carbons (Fsp3) is 0.811. The quantitative estimate of drug-likeness (QED) is 0.0391. The Morgan fingerprint density at radius 2 is 0.727 bits per heavy atom. The lowest BCUT2D eigenvalue weighted by molar-refractivity contribution is -0.144. The van der Waals surface area contributed by atoms with Gasteiger partial charge in [0.1, 0.15) is 37.1 Å². The maximum Gasteiger partial charge on any atom is 0.326 e. The Morgan fingerprint density at radius 1 is 0.364 bits per heavy atom. The van der Waals surface area contributed by atoms with Gasteiger partial charge >= 0.3 is 17.9 Å². The highest BCUT2D eigenvalue weighted by molar-refractivity contribution is 5.87. The molecule has 0 fully saturated rings. The normalized spacial score (nSPS) is 12.7. The van der Waals surface area contributed by atoms with Crippen LogP contribution in [0.3, 0.4) is 0 Å². The number of amides is 6. The van der Waals surface area contributed by atoms with Crippen LogP contribution >= 0.6 is 0 Å². The molecule has 0 aliphatic heterocycles. The van der Waals surface area contributed by atoms with Crippen LogP contribution in [0.15, 0.2) is 0 Å². The Bertz CT molecular complexity index is 1710. The first-order valence-corrected chi connectivity index (χ1v) is 27.7. The Kier molecular flexibility index (Phi) is 44.6. The number of carbonyl (C=O) groups is 10. The molecular formula is C53H95N7O17. The molecule has 24 heteroatoms. The van der Waals surface area contributed by atoms with E-state index in [-0.39, 0.29) is 122 Å². The second-order valence-electron chi connectivity index (χ2n) is 19.5. The lowest BCUT2D eigenvalue weighted by Crippen LogP contribution is -2.45. The summed E-state index contributed by atoms with van der Waals surface area (Å²) >= 11 is 0. The smallest absolute Gasteiger partial charge is 0.326 e. The summed E-state index contributed by atoms with van der Waals surface area (Å²) in [6.45, 7) is 6.47. The lowest BCUT2D eigenvalue weighted by Gasteiger charge is -2.17. The lowest BCUT2D eigenvalue weighted by atomic mass is 10.0. The van der Waals surface area contributed by atoms with Crippen molar-refractivity contribution in [1.82, 2.24) is 37.2 Å². The van der Waals surface area contributed by atoms with Crippen molar-refractivity contribution in [1.29, 1.82) is 0 Å². The van der Waals surface area contributed by atoms with Crippen molar-refractivity contribution in [2.45, 2.75) is 193 Å².